The average Bonchev–Trinajstić information content (AvgIpc) is 3.16. The maximum atomic E-state index is 13.1. The molecule has 0 radical (unpaired) electrons. The molecule has 138 valence electrons. The third-order valence-corrected chi connectivity index (χ3v) is 5.84. The Kier molecular flexibility index (Phi) is 3.85. The predicted octanol–water partition coefficient (Wildman–Crippen LogP) is 1.88. The second-order valence-electron chi connectivity index (χ2n) is 7.41. The molecule has 5 rings (SSSR count). The number of pyridine rings is 1. The molecule has 0 N–H and O–H groups in total. The molecule has 0 saturated carbocycles. The molecule has 0 unspecified atom stereocenters. The van der Waals surface area contributed by atoms with Gasteiger partial charge in [-0.2, -0.15) is 0 Å². The standard InChI is InChI=1S/C21H22N4O2/c26-19-5-4-15-13-17(14-16-6-8-25(19)20(15)16)21(27)24-11-9-23(10-12-24)18-3-1-2-7-22-18/h1-3,7,13-14H,4-6,8-12H2. The van der Waals surface area contributed by atoms with Gasteiger partial charge in [0, 0.05) is 50.9 Å². The summed E-state index contributed by atoms with van der Waals surface area (Å²) < 4.78 is 0. The van der Waals surface area contributed by atoms with Crippen LogP contribution in [0.1, 0.15) is 27.9 Å². The zero-order valence-corrected chi connectivity index (χ0v) is 15.2. The summed E-state index contributed by atoms with van der Waals surface area (Å²) >= 11 is 0. The van der Waals surface area contributed by atoms with Gasteiger partial charge < -0.3 is 14.7 Å². The highest BCUT2D eigenvalue weighted by Gasteiger charge is 2.33. The van der Waals surface area contributed by atoms with Gasteiger partial charge in [0.1, 0.15) is 5.82 Å². The Morgan fingerprint density at radius 1 is 0.926 bits per heavy atom. The first kappa shape index (κ1) is 16.3. The van der Waals surface area contributed by atoms with Crippen LogP contribution in [0.5, 0.6) is 0 Å². The number of anilines is 2. The maximum absolute atomic E-state index is 13.1. The number of nitrogens with zero attached hydrogens (tertiary/aromatic N) is 4. The first-order valence-electron chi connectivity index (χ1n) is 9.62. The Bertz CT molecular complexity index is 904. The van der Waals surface area contributed by atoms with Gasteiger partial charge in [-0.05, 0) is 48.2 Å². The number of aryl methyl sites for hydroxylation is 1. The molecule has 0 bridgehead atoms. The fraction of sp³-hybridized carbons (Fsp3) is 0.381. The number of amides is 2. The van der Waals surface area contributed by atoms with Crippen molar-refractivity contribution in [2.24, 2.45) is 0 Å². The Labute approximate surface area is 158 Å². The third-order valence-electron chi connectivity index (χ3n) is 5.84. The quantitative estimate of drug-likeness (QED) is 0.819. The molecule has 0 atom stereocenters. The first-order chi connectivity index (χ1) is 13.2. The van der Waals surface area contributed by atoms with Gasteiger partial charge in [0.05, 0.1) is 5.69 Å². The van der Waals surface area contributed by atoms with Crippen molar-refractivity contribution in [2.45, 2.75) is 19.3 Å². The summed E-state index contributed by atoms with van der Waals surface area (Å²) in [6.45, 7) is 3.74. The van der Waals surface area contributed by atoms with Crippen LogP contribution in [0.3, 0.4) is 0 Å². The molecule has 0 aliphatic carbocycles. The van der Waals surface area contributed by atoms with Crippen LogP contribution in [0.2, 0.25) is 0 Å². The monoisotopic (exact) mass is 362 g/mol. The van der Waals surface area contributed by atoms with E-state index in [1.54, 1.807) is 6.20 Å². The van der Waals surface area contributed by atoms with Gasteiger partial charge in [-0.25, -0.2) is 4.98 Å². The largest absolute Gasteiger partial charge is 0.353 e. The highest BCUT2D eigenvalue weighted by Crippen LogP contribution is 2.37. The summed E-state index contributed by atoms with van der Waals surface area (Å²) in [6, 6.07) is 9.93. The second-order valence-corrected chi connectivity index (χ2v) is 7.41. The number of carbonyl (C=O) groups excluding carboxylic acids is 2. The van der Waals surface area contributed by atoms with Gasteiger partial charge >= 0.3 is 0 Å². The zero-order chi connectivity index (χ0) is 18.4. The molecule has 1 aromatic carbocycles. The number of aromatic nitrogens is 1. The van der Waals surface area contributed by atoms with Crippen LogP contribution in [0.4, 0.5) is 11.5 Å². The fourth-order valence-corrected chi connectivity index (χ4v) is 4.44. The number of hydrogen-bond acceptors (Lipinski definition) is 4. The lowest BCUT2D eigenvalue weighted by atomic mass is 9.96. The van der Waals surface area contributed by atoms with E-state index in [4.69, 9.17) is 0 Å². The first-order valence-corrected chi connectivity index (χ1v) is 9.62. The van der Waals surface area contributed by atoms with E-state index in [0.29, 0.717) is 19.5 Å². The summed E-state index contributed by atoms with van der Waals surface area (Å²) in [5.74, 6) is 1.28. The Morgan fingerprint density at radius 2 is 1.70 bits per heavy atom. The van der Waals surface area contributed by atoms with E-state index in [9.17, 15) is 9.59 Å². The lowest BCUT2D eigenvalue weighted by Gasteiger charge is -2.35. The van der Waals surface area contributed by atoms with Crippen LogP contribution >= 0.6 is 0 Å². The Balaban J connectivity index is 1.33. The van der Waals surface area contributed by atoms with Gasteiger partial charge in [0.25, 0.3) is 5.91 Å². The maximum Gasteiger partial charge on any atom is 0.253 e. The van der Waals surface area contributed by atoms with Gasteiger partial charge in [-0.1, -0.05) is 6.07 Å². The van der Waals surface area contributed by atoms with E-state index in [2.05, 4.69) is 9.88 Å². The lowest BCUT2D eigenvalue weighted by molar-refractivity contribution is -0.118. The van der Waals surface area contributed by atoms with Gasteiger partial charge in [0.2, 0.25) is 5.91 Å². The second kappa shape index (κ2) is 6.37. The molecule has 0 spiro atoms. The number of piperazine rings is 1. The van der Waals surface area contributed by atoms with Crippen LogP contribution in [-0.4, -0.2) is 54.4 Å². The SMILES string of the molecule is O=C(c1cc2c3c(c1)CCN3C(=O)CC2)N1CCN(c2ccccn2)CC1. The zero-order valence-electron chi connectivity index (χ0n) is 15.2. The molecular formula is C21H22N4O2. The van der Waals surface area contributed by atoms with Crippen molar-refractivity contribution < 1.29 is 9.59 Å². The van der Waals surface area contributed by atoms with Crippen LogP contribution in [0.15, 0.2) is 36.5 Å². The molecule has 27 heavy (non-hydrogen) atoms. The van der Waals surface area contributed by atoms with Gasteiger partial charge in [0.15, 0.2) is 0 Å². The molecule has 6 heteroatoms. The van der Waals surface area contributed by atoms with Crippen molar-refractivity contribution in [2.75, 3.05) is 42.5 Å². The summed E-state index contributed by atoms with van der Waals surface area (Å²) in [5, 5.41) is 0. The van der Waals surface area contributed by atoms with E-state index in [1.807, 2.05) is 40.1 Å². The molecule has 4 heterocycles. The van der Waals surface area contributed by atoms with E-state index in [-0.39, 0.29) is 11.8 Å². The van der Waals surface area contributed by atoms with Crippen molar-refractivity contribution in [1.29, 1.82) is 0 Å². The van der Waals surface area contributed by atoms with Crippen molar-refractivity contribution in [3.63, 3.8) is 0 Å². The van der Waals surface area contributed by atoms with Crippen LogP contribution in [0, 0.1) is 0 Å². The molecule has 3 aliphatic heterocycles. The predicted molar refractivity (Wildman–Crippen MR) is 103 cm³/mol. The van der Waals surface area contributed by atoms with Crippen molar-refractivity contribution in [1.82, 2.24) is 9.88 Å². The summed E-state index contributed by atoms with van der Waals surface area (Å²) in [4.78, 5) is 35.6. The molecule has 1 aromatic heterocycles. The smallest absolute Gasteiger partial charge is 0.253 e. The highest BCUT2D eigenvalue weighted by atomic mass is 16.2. The molecular weight excluding hydrogens is 340 g/mol. The van der Waals surface area contributed by atoms with E-state index < -0.39 is 0 Å². The minimum atomic E-state index is 0.102. The highest BCUT2D eigenvalue weighted by molar-refractivity contribution is 6.01. The molecule has 1 fully saturated rings. The third kappa shape index (κ3) is 2.76. The molecule has 6 nitrogen and oxygen atoms in total. The van der Waals surface area contributed by atoms with Crippen molar-refractivity contribution >= 4 is 23.3 Å². The van der Waals surface area contributed by atoms with Crippen molar-refractivity contribution in [3.05, 3.63) is 53.2 Å². The van der Waals surface area contributed by atoms with Crippen LogP contribution in [0.25, 0.3) is 0 Å². The van der Waals surface area contributed by atoms with Crippen LogP contribution < -0.4 is 9.80 Å². The number of carbonyl (C=O) groups is 2. The summed E-state index contributed by atoms with van der Waals surface area (Å²) in [5.41, 5.74) is 4.14. The fourth-order valence-electron chi connectivity index (χ4n) is 4.44. The van der Waals surface area contributed by atoms with E-state index in [1.165, 1.54) is 0 Å². The normalized spacial score (nSPS) is 18.7. The molecule has 2 aromatic rings. The molecule has 1 saturated heterocycles. The number of benzene rings is 1. The lowest BCUT2D eigenvalue weighted by Crippen LogP contribution is -2.49. The summed E-state index contributed by atoms with van der Waals surface area (Å²) in [7, 11) is 0. The van der Waals surface area contributed by atoms with E-state index in [0.717, 1.165) is 60.7 Å². The minimum Gasteiger partial charge on any atom is -0.353 e. The topological polar surface area (TPSA) is 56.8 Å². The van der Waals surface area contributed by atoms with E-state index >= 15 is 0 Å². The molecule has 2 amide bonds. The number of rotatable bonds is 2. The average molecular weight is 362 g/mol. The van der Waals surface area contributed by atoms with Gasteiger partial charge in [-0.15, -0.1) is 0 Å². The van der Waals surface area contributed by atoms with Crippen molar-refractivity contribution in [3.8, 4) is 0 Å². The Morgan fingerprint density at radius 3 is 2.44 bits per heavy atom. The Hall–Kier alpha value is -2.89. The van der Waals surface area contributed by atoms with Gasteiger partial charge in [-0.3, -0.25) is 9.59 Å². The van der Waals surface area contributed by atoms with Crippen LogP contribution in [-0.2, 0) is 17.6 Å². The number of hydrogen-bond donors (Lipinski definition) is 0. The summed E-state index contributed by atoms with van der Waals surface area (Å²) in [6.07, 6.45) is 3.94. The minimum absolute atomic E-state index is 0.102. The molecule has 3 aliphatic rings.